The van der Waals surface area contributed by atoms with Gasteiger partial charge < -0.3 is 14.5 Å². The Morgan fingerprint density at radius 2 is 1.50 bits per heavy atom. The predicted octanol–water partition coefficient (Wildman–Crippen LogP) is 6.17. The van der Waals surface area contributed by atoms with E-state index in [0.29, 0.717) is 18.8 Å². The molecule has 1 heterocycles. The lowest BCUT2D eigenvalue weighted by Crippen LogP contribution is -2.54. The van der Waals surface area contributed by atoms with Gasteiger partial charge in [0.25, 0.3) is 0 Å². The Kier molecular flexibility index (Phi) is 7.07. The minimum atomic E-state index is -1.34. The molecule has 0 radical (unpaired) electrons. The van der Waals surface area contributed by atoms with Crippen LogP contribution in [0.1, 0.15) is 29.5 Å². The number of benzene rings is 4. The summed E-state index contributed by atoms with van der Waals surface area (Å²) in [4.78, 5) is 18.5. The molecule has 1 aliphatic heterocycles. The normalized spacial score (nSPS) is 15.9. The van der Waals surface area contributed by atoms with Gasteiger partial charge in [-0.1, -0.05) is 78.9 Å². The van der Waals surface area contributed by atoms with Crippen molar-refractivity contribution in [2.24, 2.45) is 5.41 Å². The number of fused-ring (bicyclic) bond motifs is 1. The lowest BCUT2D eigenvalue weighted by Gasteiger charge is -2.41. The average Bonchev–Trinajstić information content (AvgIpc) is 2.97. The van der Waals surface area contributed by atoms with Crippen LogP contribution >= 0.6 is 0 Å². The summed E-state index contributed by atoms with van der Waals surface area (Å²) in [6.45, 7) is 6.50. The highest BCUT2D eigenvalue weighted by Crippen LogP contribution is 2.47. The van der Waals surface area contributed by atoms with E-state index in [0.717, 1.165) is 35.0 Å². The average molecular weight is 504 g/mol. The SMILES string of the molecule is COc1ccccc1C(c1cccc2ccccc12)[C@@](C)(C#N)C(=O)N1CCN(c2ccccc2C)CC1. The summed E-state index contributed by atoms with van der Waals surface area (Å²) < 4.78 is 5.76. The molecule has 1 unspecified atom stereocenters. The number of amides is 1. The molecule has 1 fully saturated rings. The number of methoxy groups -OCH3 is 1. The maximum absolute atomic E-state index is 14.3. The number of hydrogen-bond acceptors (Lipinski definition) is 4. The second-order valence-electron chi connectivity index (χ2n) is 10.1. The highest BCUT2D eigenvalue weighted by atomic mass is 16.5. The predicted molar refractivity (Wildman–Crippen MR) is 152 cm³/mol. The zero-order chi connectivity index (χ0) is 26.7. The van der Waals surface area contributed by atoms with Crippen LogP contribution in [0, 0.1) is 23.7 Å². The minimum Gasteiger partial charge on any atom is -0.496 e. The number of aryl methyl sites for hydroxylation is 1. The van der Waals surface area contributed by atoms with Crippen LogP contribution in [-0.4, -0.2) is 44.1 Å². The number of ether oxygens (including phenoxy) is 1. The second kappa shape index (κ2) is 10.6. The summed E-state index contributed by atoms with van der Waals surface area (Å²) in [5.74, 6) is 0.00834. The minimum absolute atomic E-state index is 0.145. The molecule has 0 N–H and O–H groups in total. The van der Waals surface area contributed by atoms with E-state index in [1.54, 1.807) is 14.0 Å². The maximum atomic E-state index is 14.3. The molecule has 1 saturated heterocycles. The Balaban J connectivity index is 1.55. The number of nitrogens with zero attached hydrogens (tertiary/aromatic N) is 3. The van der Waals surface area contributed by atoms with E-state index in [-0.39, 0.29) is 5.91 Å². The highest BCUT2D eigenvalue weighted by molar-refractivity contribution is 5.91. The number of para-hydroxylation sites is 2. The van der Waals surface area contributed by atoms with Crippen molar-refractivity contribution in [3.05, 3.63) is 108 Å². The van der Waals surface area contributed by atoms with Crippen LogP contribution in [0.3, 0.4) is 0 Å². The van der Waals surface area contributed by atoms with Crippen molar-refractivity contribution in [3.63, 3.8) is 0 Å². The molecule has 4 aromatic rings. The van der Waals surface area contributed by atoms with Crippen molar-refractivity contribution in [1.82, 2.24) is 4.90 Å². The van der Waals surface area contributed by atoms with Gasteiger partial charge in [-0.25, -0.2) is 0 Å². The van der Waals surface area contributed by atoms with Crippen LogP contribution in [0.2, 0.25) is 0 Å². The fourth-order valence-electron chi connectivity index (χ4n) is 5.83. The molecule has 2 atom stereocenters. The van der Waals surface area contributed by atoms with Crippen molar-refractivity contribution in [3.8, 4) is 11.8 Å². The van der Waals surface area contributed by atoms with Crippen LogP contribution in [-0.2, 0) is 4.79 Å². The van der Waals surface area contributed by atoms with Crippen LogP contribution in [0.15, 0.2) is 91.0 Å². The Morgan fingerprint density at radius 1 is 0.868 bits per heavy atom. The van der Waals surface area contributed by atoms with Gasteiger partial charge in [0, 0.05) is 43.3 Å². The third kappa shape index (κ3) is 4.48. The molecule has 0 saturated carbocycles. The van der Waals surface area contributed by atoms with Crippen molar-refractivity contribution in [2.45, 2.75) is 19.8 Å². The molecule has 0 aliphatic carbocycles. The van der Waals surface area contributed by atoms with Gasteiger partial charge in [0.05, 0.1) is 13.2 Å². The zero-order valence-corrected chi connectivity index (χ0v) is 22.2. The lowest BCUT2D eigenvalue weighted by atomic mass is 9.68. The third-order valence-corrected chi connectivity index (χ3v) is 7.86. The molecule has 0 bridgehead atoms. The Labute approximate surface area is 224 Å². The number of hydrogen-bond donors (Lipinski definition) is 0. The van der Waals surface area contributed by atoms with E-state index in [9.17, 15) is 10.1 Å². The number of carbonyl (C=O) groups is 1. The van der Waals surface area contributed by atoms with Crippen molar-refractivity contribution < 1.29 is 9.53 Å². The topological polar surface area (TPSA) is 56.6 Å². The highest BCUT2D eigenvalue weighted by Gasteiger charge is 2.47. The molecule has 5 nitrogen and oxygen atoms in total. The molecule has 1 amide bonds. The summed E-state index contributed by atoms with van der Waals surface area (Å²) >= 11 is 0. The van der Waals surface area contributed by atoms with E-state index in [1.807, 2.05) is 59.5 Å². The molecule has 5 rings (SSSR count). The molecule has 38 heavy (non-hydrogen) atoms. The van der Waals surface area contributed by atoms with Crippen molar-refractivity contribution in [2.75, 3.05) is 38.2 Å². The number of nitriles is 1. The molecule has 5 heteroatoms. The lowest BCUT2D eigenvalue weighted by molar-refractivity contribution is -0.139. The van der Waals surface area contributed by atoms with Gasteiger partial charge in [-0.2, -0.15) is 5.26 Å². The molecule has 0 spiro atoms. The van der Waals surface area contributed by atoms with Gasteiger partial charge in [0.1, 0.15) is 11.2 Å². The standard InChI is InChI=1S/C33H33N3O2/c1-24-11-4-8-17-29(24)35-19-21-36(22-20-35)32(37)33(2,23-34)31(28-15-7-9-18-30(28)38-3)27-16-10-13-25-12-5-6-14-26(25)27/h4-18,31H,19-22H2,1-3H3/t31?,33-/m1/s1. The van der Waals surface area contributed by atoms with Crippen molar-refractivity contribution in [1.29, 1.82) is 5.26 Å². The van der Waals surface area contributed by atoms with Crippen LogP contribution in [0.5, 0.6) is 5.75 Å². The van der Waals surface area contributed by atoms with Crippen LogP contribution in [0.25, 0.3) is 10.8 Å². The smallest absolute Gasteiger partial charge is 0.243 e. The Morgan fingerprint density at radius 3 is 2.24 bits per heavy atom. The first-order valence-corrected chi connectivity index (χ1v) is 13.1. The van der Waals surface area contributed by atoms with E-state index in [4.69, 9.17) is 4.74 Å². The monoisotopic (exact) mass is 503 g/mol. The number of piperazine rings is 1. The number of anilines is 1. The molecule has 4 aromatic carbocycles. The van der Waals surface area contributed by atoms with Crippen molar-refractivity contribution >= 4 is 22.4 Å². The van der Waals surface area contributed by atoms with Gasteiger partial charge in [-0.05, 0) is 47.9 Å². The fourth-order valence-corrected chi connectivity index (χ4v) is 5.83. The maximum Gasteiger partial charge on any atom is 0.243 e. The van der Waals surface area contributed by atoms with Gasteiger partial charge >= 0.3 is 0 Å². The number of carbonyl (C=O) groups excluding carboxylic acids is 1. The quantitative estimate of drug-likeness (QED) is 0.316. The summed E-state index contributed by atoms with van der Waals surface area (Å²) in [5.41, 5.74) is 2.86. The fraction of sp³-hybridized carbons (Fsp3) is 0.273. The molecule has 1 aliphatic rings. The van der Waals surface area contributed by atoms with Gasteiger partial charge in [-0.3, -0.25) is 4.79 Å². The van der Waals surface area contributed by atoms with E-state index in [1.165, 1.54) is 11.3 Å². The molecule has 0 aromatic heterocycles. The van der Waals surface area contributed by atoms with Crippen LogP contribution < -0.4 is 9.64 Å². The zero-order valence-electron chi connectivity index (χ0n) is 22.2. The first kappa shape index (κ1) is 25.4. The third-order valence-electron chi connectivity index (χ3n) is 7.86. The van der Waals surface area contributed by atoms with E-state index >= 15 is 0 Å². The largest absolute Gasteiger partial charge is 0.496 e. The summed E-state index contributed by atoms with van der Waals surface area (Å²) in [5, 5.41) is 12.8. The number of rotatable bonds is 6. The first-order valence-electron chi connectivity index (χ1n) is 13.1. The molecular weight excluding hydrogens is 470 g/mol. The summed E-state index contributed by atoms with van der Waals surface area (Å²) in [6, 6.07) is 32.8. The van der Waals surface area contributed by atoms with Crippen LogP contribution in [0.4, 0.5) is 5.69 Å². The molecule has 192 valence electrons. The van der Waals surface area contributed by atoms with Gasteiger partial charge in [0.2, 0.25) is 5.91 Å². The Bertz CT molecular complexity index is 1490. The second-order valence-corrected chi connectivity index (χ2v) is 10.1. The van der Waals surface area contributed by atoms with Gasteiger partial charge in [-0.15, -0.1) is 0 Å². The summed E-state index contributed by atoms with van der Waals surface area (Å²) in [6.07, 6.45) is 0. The van der Waals surface area contributed by atoms with Gasteiger partial charge in [0.15, 0.2) is 0 Å². The van der Waals surface area contributed by atoms with E-state index < -0.39 is 11.3 Å². The summed E-state index contributed by atoms with van der Waals surface area (Å²) in [7, 11) is 1.63. The Hall–Kier alpha value is -4.30. The van der Waals surface area contributed by atoms with E-state index in [2.05, 4.69) is 54.3 Å². The molecular formula is C33H33N3O2. The first-order chi connectivity index (χ1) is 18.5.